The number of aromatic nitrogens is 1. The molecule has 0 unspecified atom stereocenters. The molecule has 1 saturated carbocycles. The van der Waals surface area contributed by atoms with Gasteiger partial charge < -0.3 is 10.0 Å². The zero-order valence-electron chi connectivity index (χ0n) is 11.6. The Kier molecular flexibility index (Phi) is 3.92. The lowest BCUT2D eigenvalue weighted by Gasteiger charge is -2.34. The van der Waals surface area contributed by atoms with E-state index in [0.29, 0.717) is 11.1 Å². The third-order valence-electron chi connectivity index (χ3n) is 3.97. The highest BCUT2D eigenvalue weighted by Crippen LogP contribution is 2.28. The number of hydrogen-bond donors (Lipinski definition) is 1. The van der Waals surface area contributed by atoms with Gasteiger partial charge in [-0.15, -0.1) is 0 Å². The van der Waals surface area contributed by atoms with Crippen LogP contribution in [0.15, 0.2) is 30.3 Å². The Morgan fingerprint density at radius 1 is 1.35 bits per heavy atom. The fourth-order valence-corrected chi connectivity index (χ4v) is 3.10. The summed E-state index contributed by atoms with van der Waals surface area (Å²) in [6.45, 7) is 1.80. The number of fused-ring (bicyclic) bond motifs is 1. The van der Waals surface area contributed by atoms with Crippen molar-refractivity contribution in [2.45, 2.75) is 25.5 Å². The summed E-state index contributed by atoms with van der Waals surface area (Å²) in [7, 11) is 2.09. The number of halogens is 1. The molecule has 4 heteroatoms. The van der Waals surface area contributed by atoms with E-state index in [9.17, 15) is 5.11 Å². The molecule has 0 aliphatic heterocycles. The predicted molar refractivity (Wildman–Crippen MR) is 81.8 cm³/mol. The van der Waals surface area contributed by atoms with Crippen molar-refractivity contribution in [2.24, 2.45) is 5.92 Å². The smallest absolute Gasteiger partial charge is 0.134 e. The second kappa shape index (κ2) is 5.68. The topological polar surface area (TPSA) is 36.4 Å². The fraction of sp³-hybridized carbons (Fsp3) is 0.438. The van der Waals surface area contributed by atoms with E-state index in [1.807, 2.05) is 18.2 Å². The fourth-order valence-electron chi connectivity index (χ4n) is 2.89. The molecule has 1 aliphatic carbocycles. The number of hydrogen-bond acceptors (Lipinski definition) is 3. The van der Waals surface area contributed by atoms with E-state index in [2.05, 4.69) is 29.1 Å². The molecule has 1 aromatic carbocycles. The molecule has 3 rings (SSSR count). The van der Waals surface area contributed by atoms with Crippen LogP contribution in [-0.4, -0.2) is 34.7 Å². The molecule has 0 radical (unpaired) electrons. The zero-order valence-corrected chi connectivity index (χ0v) is 12.3. The van der Waals surface area contributed by atoms with Gasteiger partial charge in [0.05, 0.1) is 11.6 Å². The van der Waals surface area contributed by atoms with Gasteiger partial charge in [0.1, 0.15) is 5.15 Å². The Hall–Kier alpha value is -1.16. The Morgan fingerprint density at radius 2 is 2.10 bits per heavy atom. The van der Waals surface area contributed by atoms with Crippen molar-refractivity contribution in [2.75, 3.05) is 13.6 Å². The second-order valence-electron chi connectivity index (χ2n) is 5.82. The Bertz CT molecular complexity index is 610. The maximum atomic E-state index is 9.33. The van der Waals surface area contributed by atoms with Crippen LogP contribution in [0.25, 0.3) is 10.9 Å². The van der Waals surface area contributed by atoms with Crippen molar-refractivity contribution in [3.63, 3.8) is 0 Å². The molecule has 1 N–H and O–H groups in total. The molecule has 106 valence electrons. The summed E-state index contributed by atoms with van der Waals surface area (Å²) in [5.74, 6) is 0.613. The van der Waals surface area contributed by atoms with Crippen LogP contribution >= 0.6 is 11.6 Å². The van der Waals surface area contributed by atoms with Crippen molar-refractivity contribution in [1.29, 1.82) is 0 Å². The van der Waals surface area contributed by atoms with Crippen LogP contribution in [0.4, 0.5) is 0 Å². The highest BCUT2D eigenvalue weighted by atomic mass is 35.5. The van der Waals surface area contributed by atoms with Gasteiger partial charge in [0.15, 0.2) is 0 Å². The summed E-state index contributed by atoms with van der Waals surface area (Å²) in [6, 6.07) is 10.1. The third kappa shape index (κ3) is 2.95. The predicted octanol–water partition coefficient (Wildman–Crippen LogP) is 3.09. The Morgan fingerprint density at radius 3 is 2.85 bits per heavy atom. The van der Waals surface area contributed by atoms with Gasteiger partial charge in [0, 0.05) is 24.0 Å². The number of rotatable bonds is 4. The summed E-state index contributed by atoms with van der Waals surface area (Å²) < 4.78 is 0. The van der Waals surface area contributed by atoms with Gasteiger partial charge in [0.25, 0.3) is 0 Å². The summed E-state index contributed by atoms with van der Waals surface area (Å²) >= 11 is 6.28. The molecule has 0 saturated heterocycles. The summed E-state index contributed by atoms with van der Waals surface area (Å²) in [6.07, 6.45) is 1.77. The van der Waals surface area contributed by atoms with Gasteiger partial charge in [-0.2, -0.15) is 0 Å². The van der Waals surface area contributed by atoms with Crippen molar-refractivity contribution in [3.05, 3.63) is 41.0 Å². The maximum Gasteiger partial charge on any atom is 0.134 e. The highest BCUT2D eigenvalue weighted by Gasteiger charge is 2.27. The molecule has 0 amide bonds. The molecule has 0 atom stereocenters. The monoisotopic (exact) mass is 290 g/mol. The van der Waals surface area contributed by atoms with Gasteiger partial charge in [-0.05, 0) is 37.9 Å². The normalized spacial score (nSPS) is 22.2. The van der Waals surface area contributed by atoms with Crippen molar-refractivity contribution in [3.8, 4) is 0 Å². The van der Waals surface area contributed by atoms with Gasteiger partial charge in [-0.1, -0.05) is 29.8 Å². The van der Waals surface area contributed by atoms with Gasteiger partial charge in [-0.3, -0.25) is 0 Å². The quantitative estimate of drug-likeness (QED) is 0.879. The number of benzene rings is 1. The van der Waals surface area contributed by atoms with Gasteiger partial charge >= 0.3 is 0 Å². The van der Waals surface area contributed by atoms with E-state index in [0.717, 1.165) is 42.4 Å². The molecule has 3 nitrogen and oxygen atoms in total. The molecule has 1 fully saturated rings. The number of aliphatic hydroxyl groups is 1. The number of pyridine rings is 1. The van der Waals surface area contributed by atoms with E-state index in [1.165, 1.54) is 0 Å². The zero-order chi connectivity index (χ0) is 14.1. The molecule has 1 heterocycles. The largest absolute Gasteiger partial charge is 0.393 e. The van der Waals surface area contributed by atoms with Crippen molar-refractivity contribution < 1.29 is 5.11 Å². The molecular formula is C16H19ClN2O. The third-order valence-corrected chi connectivity index (χ3v) is 4.30. The molecule has 2 aromatic rings. The van der Waals surface area contributed by atoms with Gasteiger partial charge in [0.2, 0.25) is 0 Å². The van der Waals surface area contributed by atoms with Crippen LogP contribution in [-0.2, 0) is 6.54 Å². The standard InChI is InChI=1S/C16H19ClN2O/c1-19(9-11-6-14(20)7-11)10-13-8-12-4-2-3-5-15(12)18-16(13)17/h2-5,8,11,14,20H,6-7,9-10H2,1H3. The highest BCUT2D eigenvalue weighted by molar-refractivity contribution is 6.30. The first kappa shape index (κ1) is 13.8. The van der Waals surface area contributed by atoms with E-state index in [4.69, 9.17) is 11.6 Å². The number of aliphatic hydroxyl groups excluding tert-OH is 1. The summed E-state index contributed by atoms with van der Waals surface area (Å²) in [5.41, 5.74) is 2.00. The summed E-state index contributed by atoms with van der Waals surface area (Å²) in [5, 5.41) is 11.0. The van der Waals surface area contributed by atoms with Gasteiger partial charge in [-0.25, -0.2) is 4.98 Å². The van der Waals surface area contributed by atoms with Crippen LogP contribution in [0.5, 0.6) is 0 Å². The average molecular weight is 291 g/mol. The van der Waals surface area contributed by atoms with Crippen molar-refractivity contribution >= 4 is 22.5 Å². The van der Waals surface area contributed by atoms with E-state index in [1.54, 1.807) is 0 Å². The lowest BCUT2D eigenvalue weighted by atomic mass is 9.82. The van der Waals surface area contributed by atoms with E-state index >= 15 is 0 Å². The van der Waals surface area contributed by atoms with Crippen LogP contribution in [0.1, 0.15) is 18.4 Å². The molecule has 1 aromatic heterocycles. The minimum atomic E-state index is -0.0840. The molecule has 1 aliphatic rings. The molecule has 0 spiro atoms. The van der Waals surface area contributed by atoms with Crippen LogP contribution in [0.3, 0.4) is 0 Å². The van der Waals surface area contributed by atoms with E-state index < -0.39 is 0 Å². The number of para-hydroxylation sites is 1. The SMILES string of the molecule is CN(Cc1cc2ccccc2nc1Cl)CC1CC(O)C1. The summed E-state index contributed by atoms with van der Waals surface area (Å²) in [4.78, 5) is 6.71. The lowest BCUT2D eigenvalue weighted by molar-refractivity contribution is 0.0274. The molecular weight excluding hydrogens is 272 g/mol. The van der Waals surface area contributed by atoms with Crippen LogP contribution in [0.2, 0.25) is 5.15 Å². The Balaban J connectivity index is 1.71. The van der Waals surface area contributed by atoms with E-state index in [-0.39, 0.29) is 6.10 Å². The first-order chi connectivity index (χ1) is 9.61. The minimum Gasteiger partial charge on any atom is -0.393 e. The van der Waals surface area contributed by atoms with Crippen LogP contribution < -0.4 is 0 Å². The second-order valence-corrected chi connectivity index (χ2v) is 6.18. The molecule has 0 bridgehead atoms. The Labute approximate surface area is 124 Å². The first-order valence-corrected chi connectivity index (χ1v) is 7.40. The number of nitrogens with zero attached hydrogens (tertiary/aromatic N) is 2. The maximum absolute atomic E-state index is 9.33. The lowest BCUT2D eigenvalue weighted by Crippen LogP contribution is -2.36. The minimum absolute atomic E-state index is 0.0840. The first-order valence-electron chi connectivity index (χ1n) is 7.02. The molecule has 20 heavy (non-hydrogen) atoms. The van der Waals surface area contributed by atoms with Crippen LogP contribution in [0, 0.1) is 5.92 Å². The average Bonchev–Trinajstić information content (AvgIpc) is 2.38. The van der Waals surface area contributed by atoms with Crippen molar-refractivity contribution in [1.82, 2.24) is 9.88 Å².